The molecule has 0 spiro atoms. The predicted molar refractivity (Wildman–Crippen MR) is 108 cm³/mol. The van der Waals surface area contributed by atoms with Crippen molar-refractivity contribution in [1.29, 1.82) is 0 Å². The quantitative estimate of drug-likeness (QED) is 0.237. The number of anilines is 1. The maximum Gasteiger partial charge on any atom is 0.345 e. The fraction of sp³-hybridized carbons (Fsp3) is 0.286. The van der Waals surface area contributed by atoms with Crippen molar-refractivity contribution in [2.75, 3.05) is 4.90 Å². The second-order valence-corrected chi connectivity index (χ2v) is 8.51. The number of nitrogens with zero attached hydrogens (tertiary/aromatic N) is 2. The number of Topliss-reactive ketones (excluding diaryl/α,β-unsaturated/α-hetero) is 1. The smallest absolute Gasteiger partial charge is 0.345 e. The lowest BCUT2D eigenvalue weighted by Crippen LogP contribution is -2.50. The molecule has 8 nitrogen and oxygen atoms in total. The molecule has 0 saturated carbocycles. The molecule has 0 aliphatic carbocycles. The van der Waals surface area contributed by atoms with Crippen LogP contribution in [0.4, 0.5) is 11.4 Å². The number of ether oxygens (including phenoxy) is 1. The molecule has 30 heavy (non-hydrogen) atoms. The lowest BCUT2D eigenvalue weighted by atomic mass is 9.80. The molecule has 0 saturated heterocycles. The van der Waals surface area contributed by atoms with Gasteiger partial charge in [0.25, 0.3) is 17.4 Å². The molecule has 2 aliphatic heterocycles. The summed E-state index contributed by atoms with van der Waals surface area (Å²) in [6.45, 7) is 5.79. The van der Waals surface area contributed by atoms with Crippen LogP contribution in [-0.2, 0) is 4.79 Å². The largest absolute Gasteiger partial charge is 0.423 e. The Hall–Kier alpha value is -3.26. The van der Waals surface area contributed by atoms with Crippen molar-refractivity contribution in [1.82, 2.24) is 0 Å². The minimum absolute atomic E-state index is 0.000599. The second-order valence-electron chi connectivity index (χ2n) is 8.11. The molecule has 2 aliphatic rings. The second kappa shape index (κ2) is 6.63. The number of ketones is 1. The van der Waals surface area contributed by atoms with Crippen molar-refractivity contribution in [3.63, 3.8) is 0 Å². The SMILES string of the molecule is C[C@H]1CC(C)(C)N2C(=O)C(=O)c3cc(OC(=O)c4cc([N+](=O)[O-])ccc4Cl)cc1c32. The molecule has 9 heteroatoms. The van der Waals surface area contributed by atoms with E-state index in [0.717, 1.165) is 11.6 Å². The van der Waals surface area contributed by atoms with E-state index in [1.807, 2.05) is 20.8 Å². The van der Waals surface area contributed by atoms with Crippen LogP contribution < -0.4 is 9.64 Å². The van der Waals surface area contributed by atoms with Crippen molar-refractivity contribution in [2.24, 2.45) is 0 Å². The molecule has 0 N–H and O–H groups in total. The van der Waals surface area contributed by atoms with E-state index in [-0.39, 0.29) is 33.5 Å². The Labute approximate surface area is 176 Å². The first-order chi connectivity index (χ1) is 14.0. The zero-order chi connectivity index (χ0) is 22.0. The van der Waals surface area contributed by atoms with E-state index < -0.39 is 28.1 Å². The van der Waals surface area contributed by atoms with Gasteiger partial charge in [0.05, 0.1) is 26.8 Å². The summed E-state index contributed by atoms with van der Waals surface area (Å²) in [4.78, 5) is 49.7. The molecule has 0 unspecified atom stereocenters. The third-order valence-corrected chi connectivity index (χ3v) is 5.84. The van der Waals surface area contributed by atoms with Crippen LogP contribution in [0.3, 0.4) is 0 Å². The molecule has 1 amide bonds. The Bertz CT molecular complexity index is 1160. The van der Waals surface area contributed by atoms with Crippen LogP contribution in [0.2, 0.25) is 5.02 Å². The number of esters is 1. The molecule has 2 aromatic rings. The Morgan fingerprint density at radius 3 is 2.63 bits per heavy atom. The van der Waals surface area contributed by atoms with Gasteiger partial charge >= 0.3 is 5.97 Å². The van der Waals surface area contributed by atoms with Crippen LogP contribution in [-0.4, -0.2) is 28.1 Å². The van der Waals surface area contributed by atoms with E-state index in [1.54, 1.807) is 6.07 Å². The average Bonchev–Trinajstić information content (AvgIpc) is 2.92. The fourth-order valence-electron chi connectivity index (χ4n) is 4.28. The van der Waals surface area contributed by atoms with Gasteiger partial charge in [0.15, 0.2) is 0 Å². The van der Waals surface area contributed by atoms with Gasteiger partial charge in [0, 0.05) is 17.7 Å². The number of hydrogen-bond donors (Lipinski definition) is 0. The standard InChI is InChI=1S/C21H17ClN2O6/c1-10-9-21(2,3)23-17-13(10)7-12(8-15(17)18(25)19(23)26)30-20(27)14-6-11(24(28)29)4-5-16(14)22/h4-8,10H,9H2,1-3H3/t10-/m0/s1. The summed E-state index contributed by atoms with van der Waals surface area (Å²) in [6.07, 6.45) is 0.632. The summed E-state index contributed by atoms with van der Waals surface area (Å²) in [7, 11) is 0. The Balaban J connectivity index is 1.76. The highest BCUT2D eigenvalue weighted by molar-refractivity contribution is 6.53. The van der Waals surface area contributed by atoms with Crippen LogP contribution in [0.15, 0.2) is 30.3 Å². The first-order valence-corrected chi connectivity index (χ1v) is 9.62. The number of carbonyl (C=O) groups excluding carboxylic acids is 3. The molecule has 0 radical (unpaired) electrons. The lowest BCUT2D eigenvalue weighted by molar-refractivity contribution is -0.384. The number of carbonyl (C=O) groups is 3. The summed E-state index contributed by atoms with van der Waals surface area (Å²) < 4.78 is 5.40. The van der Waals surface area contributed by atoms with Gasteiger partial charge < -0.3 is 4.74 Å². The van der Waals surface area contributed by atoms with Crippen LogP contribution >= 0.6 is 11.6 Å². The molecule has 0 fully saturated rings. The number of rotatable bonds is 3. The van der Waals surface area contributed by atoms with Crippen LogP contribution in [0.1, 0.15) is 59.4 Å². The summed E-state index contributed by atoms with van der Waals surface area (Å²) in [5.74, 6) is -2.06. The van der Waals surface area contributed by atoms with Crippen molar-refractivity contribution < 1.29 is 24.0 Å². The highest BCUT2D eigenvalue weighted by Crippen LogP contribution is 2.49. The predicted octanol–water partition coefficient (Wildman–Crippen LogP) is 4.28. The number of amides is 1. The number of non-ortho nitro benzene ring substituents is 1. The lowest BCUT2D eigenvalue weighted by Gasteiger charge is -2.43. The Morgan fingerprint density at radius 2 is 1.97 bits per heavy atom. The van der Waals surface area contributed by atoms with Crippen molar-refractivity contribution in [2.45, 2.75) is 38.6 Å². The highest BCUT2D eigenvalue weighted by Gasteiger charge is 2.49. The van der Waals surface area contributed by atoms with Gasteiger partial charge in [0.1, 0.15) is 5.75 Å². The molecular formula is C21H17ClN2O6. The number of nitro groups is 1. The Morgan fingerprint density at radius 1 is 1.27 bits per heavy atom. The van der Waals surface area contributed by atoms with Gasteiger partial charge in [-0.05, 0) is 49.9 Å². The van der Waals surface area contributed by atoms with Gasteiger partial charge in [0.2, 0.25) is 0 Å². The molecule has 154 valence electrons. The topological polar surface area (TPSA) is 107 Å². The first kappa shape index (κ1) is 20.0. The summed E-state index contributed by atoms with van der Waals surface area (Å²) >= 11 is 6.01. The van der Waals surface area contributed by atoms with Gasteiger partial charge in [-0.3, -0.25) is 24.6 Å². The van der Waals surface area contributed by atoms with Crippen LogP contribution in [0.5, 0.6) is 5.75 Å². The zero-order valence-electron chi connectivity index (χ0n) is 16.4. The highest BCUT2D eigenvalue weighted by atomic mass is 35.5. The molecular weight excluding hydrogens is 412 g/mol. The summed E-state index contributed by atoms with van der Waals surface area (Å²) in [5.41, 5.74) is 0.492. The molecule has 2 heterocycles. The van der Waals surface area contributed by atoms with Gasteiger partial charge in [-0.2, -0.15) is 0 Å². The van der Waals surface area contributed by atoms with E-state index >= 15 is 0 Å². The van der Waals surface area contributed by atoms with Crippen molar-refractivity contribution >= 4 is 40.6 Å². The third-order valence-electron chi connectivity index (χ3n) is 5.51. The maximum absolute atomic E-state index is 12.6. The molecule has 1 atom stereocenters. The number of halogens is 1. The van der Waals surface area contributed by atoms with Crippen LogP contribution in [0.25, 0.3) is 0 Å². The van der Waals surface area contributed by atoms with Crippen molar-refractivity contribution in [3.8, 4) is 5.75 Å². The minimum atomic E-state index is -0.895. The summed E-state index contributed by atoms with van der Waals surface area (Å²) in [5, 5.41) is 11.0. The van der Waals surface area contributed by atoms with Crippen molar-refractivity contribution in [3.05, 3.63) is 62.2 Å². The van der Waals surface area contributed by atoms with Crippen LogP contribution in [0, 0.1) is 10.1 Å². The minimum Gasteiger partial charge on any atom is -0.423 e. The monoisotopic (exact) mass is 428 g/mol. The van der Waals surface area contributed by atoms with Gasteiger partial charge in [-0.25, -0.2) is 4.79 Å². The van der Waals surface area contributed by atoms with E-state index in [0.29, 0.717) is 12.1 Å². The van der Waals surface area contributed by atoms with E-state index in [2.05, 4.69) is 0 Å². The first-order valence-electron chi connectivity index (χ1n) is 9.24. The van der Waals surface area contributed by atoms with Gasteiger partial charge in [-0.15, -0.1) is 0 Å². The van der Waals surface area contributed by atoms with E-state index in [9.17, 15) is 24.5 Å². The summed E-state index contributed by atoms with van der Waals surface area (Å²) in [6, 6.07) is 6.44. The van der Waals surface area contributed by atoms with E-state index in [4.69, 9.17) is 16.3 Å². The fourth-order valence-corrected chi connectivity index (χ4v) is 4.47. The third kappa shape index (κ3) is 2.95. The molecule has 2 aromatic carbocycles. The Kier molecular flexibility index (Phi) is 4.43. The number of hydrogen-bond acceptors (Lipinski definition) is 6. The van der Waals surface area contributed by atoms with E-state index in [1.165, 1.54) is 23.1 Å². The molecule has 4 rings (SSSR count). The molecule has 0 aromatic heterocycles. The zero-order valence-corrected chi connectivity index (χ0v) is 17.1. The average molecular weight is 429 g/mol. The molecule has 0 bridgehead atoms. The van der Waals surface area contributed by atoms with Gasteiger partial charge in [-0.1, -0.05) is 18.5 Å². The normalized spacial score (nSPS) is 18.9. The maximum atomic E-state index is 12.6. The number of benzene rings is 2. The number of nitro benzene ring substituents is 1.